The van der Waals surface area contributed by atoms with Gasteiger partial charge >= 0.3 is 0 Å². The topological polar surface area (TPSA) is 4.93 Å². The molecule has 0 unspecified atom stereocenters. The highest BCUT2D eigenvalue weighted by molar-refractivity contribution is 5.83. The highest BCUT2D eigenvalue weighted by atomic mass is 14.9. The van der Waals surface area contributed by atoms with Crippen molar-refractivity contribution in [3.8, 4) is 0 Å². The number of aromatic nitrogens is 1. The molecule has 2 rings (SSSR count). The van der Waals surface area contributed by atoms with Crippen molar-refractivity contribution in [2.24, 2.45) is 7.05 Å². The standard InChI is InChI=1S/C11H10N/c1-3-10-8-9-6-4-5-7-11(9)12(10)2/h1,3-8H,2H3. The van der Waals surface area contributed by atoms with Crippen LogP contribution in [-0.2, 0) is 7.05 Å². The van der Waals surface area contributed by atoms with Gasteiger partial charge in [-0.05, 0) is 18.2 Å². The Hall–Kier alpha value is -1.50. The lowest BCUT2D eigenvalue weighted by molar-refractivity contribution is 0.955. The van der Waals surface area contributed by atoms with Crippen LogP contribution in [0.25, 0.3) is 17.0 Å². The summed E-state index contributed by atoms with van der Waals surface area (Å²) in [4.78, 5) is 0. The van der Waals surface area contributed by atoms with Crippen LogP contribution in [-0.4, -0.2) is 4.57 Å². The smallest absolute Gasteiger partial charge is 0.0482 e. The molecule has 0 spiro atoms. The van der Waals surface area contributed by atoms with E-state index in [1.165, 1.54) is 10.9 Å². The van der Waals surface area contributed by atoms with Gasteiger partial charge in [0.25, 0.3) is 0 Å². The first-order valence-electron chi connectivity index (χ1n) is 3.92. The quantitative estimate of drug-likeness (QED) is 0.598. The second kappa shape index (κ2) is 2.52. The van der Waals surface area contributed by atoms with Crippen LogP contribution in [0.4, 0.5) is 0 Å². The van der Waals surface area contributed by atoms with E-state index in [9.17, 15) is 0 Å². The maximum Gasteiger partial charge on any atom is 0.0482 e. The second-order valence-electron chi connectivity index (χ2n) is 2.85. The van der Waals surface area contributed by atoms with E-state index in [0.717, 1.165) is 5.69 Å². The van der Waals surface area contributed by atoms with Gasteiger partial charge in [-0.25, -0.2) is 0 Å². The zero-order valence-corrected chi connectivity index (χ0v) is 6.99. The van der Waals surface area contributed by atoms with Crippen LogP contribution in [0.2, 0.25) is 0 Å². The van der Waals surface area contributed by atoms with E-state index >= 15 is 0 Å². The summed E-state index contributed by atoms with van der Waals surface area (Å²) in [7, 11) is 2.01. The summed E-state index contributed by atoms with van der Waals surface area (Å²) in [6.45, 7) is 5.47. The molecular weight excluding hydrogens is 146 g/mol. The third-order valence-electron chi connectivity index (χ3n) is 2.16. The van der Waals surface area contributed by atoms with E-state index < -0.39 is 0 Å². The van der Waals surface area contributed by atoms with Gasteiger partial charge in [-0.3, -0.25) is 0 Å². The van der Waals surface area contributed by atoms with Crippen molar-refractivity contribution in [2.75, 3.05) is 0 Å². The molecule has 0 fully saturated rings. The van der Waals surface area contributed by atoms with Crippen molar-refractivity contribution in [1.29, 1.82) is 0 Å². The molecule has 0 atom stereocenters. The van der Waals surface area contributed by atoms with Crippen molar-refractivity contribution in [3.05, 3.63) is 42.6 Å². The Labute approximate surface area is 71.9 Å². The fourth-order valence-corrected chi connectivity index (χ4v) is 1.47. The minimum atomic E-state index is 1.05. The average molecular weight is 156 g/mol. The van der Waals surface area contributed by atoms with E-state index in [4.69, 9.17) is 6.58 Å². The van der Waals surface area contributed by atoms with Gasteiger partial charge in [0, 0.05) is 23.6 Å². The third kappa shape index (κ3) is 0.866. The molecule has 0 aliphatic rings. The van der Waals surface area contributed by atoms with Crippen molar-refractivity contribution >= 4 is 17.0 Å². The maximum absolute atomic E-state index is 5.47. The molecule has 1 heteroatoms. The Balaban J connectivity index is 2.87. The fraction of sp³-hybridized carbons (Fsp3) is 0.0909. The van der Waals surface area contributed by atoms with Gasteiger partial charge in [0.1, 0.15) is 0 Å². The molecule has 1 aromatic heterocycles. The molecule has 1 radical (unpaired) electrons. The minimum Gasteiger partial charge on any atom is -0.344 e. The lowest BCUT2D eigenvalue weighted by Crippen LogP contribution is -1.88. The number of aryl methyl sites for hydroxylation is 1. The summed E-state index contributed by atoms with van der Waals surface area (Å²) in [6, 6.07) is 10.3. The molecule has 0 aliphatic carbocycles. The van der Waals surface area contributed by atoms with Crippen molar-refractivity contribution in [1.82, 2.24) is 4.57 Å². The number of benzene rings is 1. The van der Waals surface area contributed by atoms with Crippen LogP contribution in [0.15, 0.2) is 30.3 Å². The van der Waals surface area contributed by atoms with Crippen LogP contribution in [0, 0.1) is 6.58 Å². The number of rotatable bonds is 1. The summed E-state index contributed by atoms with van der Waals surface area (Å²) in [5.41, 5.74) is 2.27. The fourth-order valence-electron chi connectivity index (χ4n) is 1.47. The summed E-state index contributed by atoms with van der Waals surface area (Å²) < 4.78 is 2.08. The van der Waals surface area contributed by atoms with Crippen LogP contribution < -0.4 is 0 Å². The van der Waals surface area contributed by atoms with E-state index in [2.05, 4.69) is 22.8 Å². The molecule has 0 bridgehead atoms. The molecule has 1 heterocycles. The molecule has 1 nitrogen and oxygen atoms in total. The molecule has 0 amide bonds. The number of para-hydroxylation sites is 1. The molecule has 59 valence electrons. The summed E-state index contributed by atoms with van der Waals surface area (Å²) in [5, 5.41) is 1.23. The molecule has 0 saturated heterocycles. The first-order chi connectivity index (χ1) is 5.83. The molecule has 0 saturated carbocycles. The molecule has 12 heavy (non-hydrogen) atoms. The molecule has 0 N–H and O–H groups in total. The van der Waals surface area contributed by atoms with Gasteiger partial charge in [-0.1, -0.05) is 24.8 Å². The van der Waals surface area contributed by atoms with Gasteiger partial charge < -0.3 is 4.57 Å². The monoisotopic (exact) mass is 156 g/mol. The van der Waals surface area contributed by atoms with E-state index in [1.807, 2.05) is 19.2 Å². The van der Waals surface area contributed by atoms with E-state index in [-0.39, 0.29) is 0 Å². The van der Waals surface area contributed by atoms with Gasteiger partial charge in [0.15, 0.2) is 0 Å². The highest BCUT2D eigenvalue weighted by Crippen LogP contribution is 2.18. The second-order valence-corrected chi connectivity index (χ2v) is 2.85. The van der Waals surface area contributed by atoms with Gasteiger partial charge in [0.2, 0.25) is 0 Å². The number of hydrogen-bond acceptors (Lipinski definition) is 0. The normalized spacial score (nSPS) is 10.4. The third-order valence-corrected chi connectivity index (χ3v) is 2.16. The van der Waals surface area contributed by atoms with Crippen molar-refractivity contribution < 1.29 is 0 Å². The average Bonchev–Trinajstić information content (AvgIpc) is 2.44. The summed E-state index contributed by atoms with van der Waals surface area (Å²) >= 11 is 0. The maximum atomic E-state index is 5.47. The highest BCUT2D eigenvalue weighted by Gasteiger charge is 1.99. The summed E-state index contributed by atoms with van der Waals surface area (Å²) in [5.74, 6) is 0. The molecule has 0 aliphatic heterocycles. The number of nitrogens with zero attached hydrogens (tertiary/aromatic N) is 1. The van der Waals surface area contributed by atoms with Crippen LogP contribution in [0.5, 0.6) is 0 Å². The number of hydrogen-bond donors (Lipinski definition) is 0. The minimum absolute atomic E-state index is 1.05. The Kier molecular flexibility index (Phi) is 1.51. The lowest BCUT2D eigenvalue weighted by Gasteiger charge is -1.97. The Morgan fingerprint density at radius 2 is 2.08 bits per heavy atom. The predicted molar refractivity (Wildman–Crippen MR) is 51.7 cm³/mol. The molecule has 2 aromatic rings. The van der Waals surface area contributed by atoms with Gasteiger partial charge in [-0.2, -0.15) is 0 Å². The Morgan fingerprint density at radius 3 is 2.75 bits per heavy atom. The van der Waals surface area contributed by atoms with Gasteiger partial charge in [-0.15, -0.1) is 0 Å². The van der Waals surface area contributed by atoms with Crippen LogP contribution >= 0.6 is 0 Å². The van der Waals surface area contributed by atoms with Crippen molar-refractivity contribution in [2.45, 2.75) is 0 Å². The number of fused-ring (bicyclic) bond motifs is 1. The first kappa shape index (κ1) is 7.17. The SMILES string of the molecule is [CH]=Cc1cc2ccccc2n1C. The zero-order valence-electron chi connectivity index (χ0n) is 6.99. The Morgan fingerprint density at radius 1 is 1.33 bits per heavy atom. The van der Waals surface area contributed by atoms with E-state index in [0.29, 0.717) is 0 Å². The Bertz CT molecular complexity index is 423. The molecule has 1 aromatic carbocycles. The van der Waals surface area contributed by atoms with Crippen LogP contribution in [0.1, 0.15) is 5.69 Å². The largest absolute Gasteiger partial charge is 0.344 e. The van der Waals surface area contributed by atoms with Crippen LogP contribution in [0.3, 0.4) is 0 Å². The molecular formula is C11H10N. The van der Waals surface area contributed by atoms with Crippen molar-refractivity contribution in [3.63, 3.8) is 0 Å². The summed E-state index contributed by atoms with van der Waals surface area (Å²) in [6.07, 6.45) is 1.62. The zero-order chi connectivity index (χ0) is 8.55. The predicted octanol–water partition coefficient (Wildman–Crippen LogP) is 2.62. The van der Waals surface area contributed by atoms with E-state index in [1.54, 1.807) is 6.08 Å². The van der Waals surface area contributed by atoms with Gasteiger partial charge in [0.05, 0.1) is 0 Å². The first-order valence-corrected chi connectivity index (χ1v) is 3.92. The lowest BCUT2D eigenvalue weighted by atomic mass is 10.2.